The van der Waals surface area contributed by atoms with Crippen molar-refractivity contribution >= 4 is 0 Å². The Morgan fingerprint density at radius 2 is 2.25 bits per heavy atom. The second-order valence-electron chi connectivity index (χ2n) is 1.53. The SMILES string of the molecule is C=CCC(O)C(=C)O. The highest BCUT2D eigenvalue weighted by Gasteiger charge is 2.01. The first-order valence-electron chi connectivity index (χ1n) is 2.35. The second-order valence-corrected chi connectivity index (χ2v) is 1.53. The molecule has 0 aromatic heterocycles. The van der Waals surface area contributed by atoms with Gasteiger partial charge in [-0.25, -0.2) is 0 Å². The molecule has 0 aromatic carbocycles. The van der Waals surface area contributed by atoms with Crippen LogP contribution in [0.5, 0.6) is 0 Å². The Bertz CT molecular complexity index is 96.7. The van der Waals surface area contributed by atoms with Gasteiger partial charge in [0, 0.05) is 0 Å². The fourth-order valence-corrected chi connectivity index (χ4v) is 0.294. The molecule has 46 valence electrons. The lowest BCUT2D eigenvalue weighted by Gasteiger charge is -2.02. The molecule has 1 unspecified atom stereocenters. The largest absolute Gasteiger partial charge is 0.510 e. The van der Waals surface area contributed by atoms with Gasteiger partial charge in [-0.2, -0.15) is 0 Å². The first-order valence-corrected chi connectivity index (χ1v) is 2.35. The Morgan fingerprint density at radius 3 is 2.38 bits per heavy atom. The first kappa shape index (κ1) is 7.24. The lowest BCUT2D eigenvalue weighted by Crippen LogP contribution is -2.06. The molecule has 0 rings (SSSR count). The summed E-state index contributed by atoms with van der Waals surface area (Å²) in [5.41, 5.74) is 0. The predicted molar refractivity (Wildman–Crippen MR) is 32.6 cm³/mol. The van der Waals surface area contributed by atoms with Crippen LogP contribution < -0.4 is 0 Å². The normalized spacial score (nSPS) is 12.6. The summed E-state index contributed by atoms with van der Waals surface area (Å²) in [6, 6.07) is 0. The standard InChI is InChI=1S/C6H10O2/c1-3-4-6(8)5(2)7/h3,6-8H,1-2,4H2. The summed E-state index contributed by atoms with van der Waals surface area (Å²) in [4.78, 5) is 0. The molecule has 2 heteroatoms. The molecule has 0 saturated heterocycles. The van der Waals surface area contributed by atoms with E-state index in [1.165, 1.54) is 6.08 Å². The number of hydrogen-bond acceptors (Lipinski definition) is 2. The minimum Gasteiger partial charge on any atom is -0.510 e. The molecular weight excluding hydrogens is 104 g/mol. The number of aliphatic hydroxyl groups is 2. The minimum atomic E-state index is -0.840. The van der Waals surface area contributed by atoms with E-state index in [1.807, 2.05) is 0 Å². The van der Waals surface area contributed by atoms with E-state index in [0.29, 0.717) is 6.42 Å². The molecule has 0 bridgehead atoms. The molecule has 2 N–H and O–H groups in total. The molecule has 0 saturated carbocycles. The Balaban J connectivity index is 3.46. The summed E-state index contributed by atoms with van der Waals surface area (Å²) in [5.74, 6) is -0.204. The van der Waals surface area contributed by atoms with Crippen LogP contribution in [-0.2, 0) is 0 Å². The maximum atomic E-state index is 8.71. The van der Waals surface area contributed by atoms with E-state index >= 15 is 0 Å². The molecular formula is C6H10O2. The summed E-state index contributed by atoms with van der Waals surface area (Å²) >= 11 is 0. The predicted octanol–water partition coefficient (Wildman–Crippen LogP) is 0.995. The van der Waals surface area contributed by atoms with Crippen LogP contribution in [0.2, 0.25) is 0 Å². The smallest absolute Gasteiger partial charge is 0.114 e. The highest BCUT2D eigenvalue weighted by atomic mass is 16.3. The molecule has 0 aliphatic carbocycles. The molecule has 0 fully saturated rings. The molecule has 8 heavy (non-hydrogen) atoms. The molecule has 0 amide bonds. The van der Waals surface area contributed by atoms with Crippen LogP contribution in [0.15, 0.2) is 25.0 Å². The monoisotopic (exact) mass is 114 g/mol. The highest BCUT2D eigenvalue weighted by molar-refractivity contribution is 4.92. The molecule has 0 spiro atoms. The molecule has 0 heterocycles. The van der Waals surface area contributed by atoms with Gasteiger partial charge in [-0.15, -0.1) is 6.58 Å². The van der Waals surface area contributed by atoms with E-state index in [9.17, 15) is 0 Å². The van der Waals surface area contributed by atoms with Crippen molar-refractivity contribution in [2.75, 3.05) is 0 Å². The van der Waals surface area contributed by atoms with Gasteiger partial charge in [-0.05, 0) is 6.42 Å². The summed E-state index contributed by atoms with van der Waals surface area (Å²) in [6.45, 7) is 6.50. The summed E-state index contributed by atoms with van der Waals surface area (Å²) < 4.78 is 0. The Labute approximate surface area is 48.8 Å². The summed E-state index contributed by atoms with van der Waals surface area (Å²) in [6.07, 6.45) is 1.04. The second kappa shape index (κ2) is 3.27. The maximum Gasteiger partial charge on any atom is 0.114 e. The molecule has 0 radical (unpaired) electrons. The molecule has 0 aliphatic heterocycles. The van der Waals surface area contributed by atoms with E-state index in [1.54, 1.807) is 0 Å². The van der Waals surface area contributed by atoms with Gasteiger partial charge in [0.2, 0.25) is 0 Å². The van der Waals surface area contributed by atoms with Gasteiger partial charge in [0.15, 0.2) is 0 Å². The maximum absolute atomic E-state index is 8.71. The van der Waals surface area contributed by atoms with E-state index < -0.39 is 6.10 Å². The number of aliphatic hydroxyl groups excluding tert-OH is 2. The average molecular weight is 114 g/mol. The van der Waals surface area contributed by atoms with Gasteiger partial charge in [0.05, 0.1) is 0 Å². The van der Waals surface area contributed by atoms with Crippen molar-refractivity contribution < 1.29 is 10.2 Å². The van der Waals surface area contributed by atoms with Crippen LogP contribution in [0.3, 0.4) is 0 Å². The zero-order valence-electron chi connectivity index (χ0n) is 4.67. The van der Waals surface area contributed by atoms with Crippen molar-refractivity contribution in [2.45, 2.75) is 12.5 Å². The van der Waals surface area contributed by atoms with Crippen LogP contribution >= 0.6 is 0 Å². The van der Waals surface area contributed by atoms with Crippen LogP contribution in [-0.4, -0.2) is 16.3 Å². The summed E-state index contributed by atoms with van der Waals surface area (Å²) in [7, 11) is 0. The Kier molecular flexibility index (Phi) is 2.96. The van der Waals surface area contributed by atoms with Crippen LogP contribution in [0, 0.1) is 0 Å². The van der Waals surface area contributed by atoms with E-state index in [2.05, 4.69) is 13.2 Å². The number of hydrogen-bond donors (Lipinski definition) is 2. The quantitative estimate of drug-likeness (QED) is 0.424. The Hall–Kier alpha value is -0.760. The van der Waals surface area contributed by atoms with Gasteiger partial charge in [0.1, 0.15) is 11.9 Å². The van der Waals surface area contributed by atoms with Crippen molar-refractivity contribution in [3.63, 3.8) is 0 Å². The third-order valence-electron chi connectivity index (χ3n) is 0.775. The van der Waals surface area contributed by atoms with Crippen molar-refractivity contribution in [1.29, 1.82) is 0 Å². The van der Waals surface area contributed by atoms with Crippen molar-refractivity contribution in [2.24, 2.45) is 0 Å². The molecule has 1 atom stereocenters. The molecule has 0 aliphatic rings. The van der Waals surface area contributed by atoms with Gasteiger partial charge < -0.3 is 10.2 Å². The Morgan fingerprint density at radius 1 is 1.75 bits per heavy atom. The summed E-state index contributed by atoms with van der Waals surface area (Å²) in [5, 5.41) is 17.2. The van der Waals surface area contributed by atoms with Crippen LogP contribution in [0.4, 0.5) is 0 Å². The van der Waals surface area contributed by atoms with E-state index in [0.717, 1.165) is 0 Å². The molecule has 0 aromatic rings. The number of rotatable bonds is 3. The fraction of sp³-hybridized carbons (Fsp3) is 0.333. The lowest BCUT2D eigenvalue weighted by molar-refractivity contribution is 0.157. The topological polar surface area (TPSA) is 40.5 Å². The van der Waals surface area contributed by atoms with E-state index in [4.69, 9.17) is 10.2 Å². The zero-order valence-corrected chi connectivity index (χ0v) is 4.67. The zero-order chi connectivity index (χ0) is 6.57. The fourth-order valence-electron chi connectivity index (χ4n) is 0.294. The van der Waals surface area contributed by atoms with E-state index in [-0.39, 0.29) is 5.76 Å². The average Bonchev–Trinajstić information content (AvgIpc) is 1.67. The van der Waals surface area contributed by atoms with Crippen LogP contribution in [0.25, 0.3) is 0 Å². The van der Waals surface area contributed by atoms with Crippen molar-refractivity contribution in [1.82, 2.24) is 0 Å². The van der Waals surface area contributed by atoms with Gasteiger partial charge in [0.25, 0.3) is 0 Å². The lowest BCUT2D eigenvalue weighted by atomic mass is 10.2. The van der Waals surface area contributed by atoms with Gasteiger partial charge >= 0.3 is 0 Å². The van der Waals surface area contributed by atoms with Gasteiger partial charge in [-0.1, -0.05) is 12.7 Å². The highest BCUT2D eigenvalue weighted by Crippen LogP contribution is 1.98. The first-order chi connectivity index (χ1) is 3.68. The van der Waals surface area contributed by atoms with Crippen molar-refractivity contribution in [3.05, 3.63) is 25.0 Å². The third kappa shape index (κ3) is 2.42. The third-order valence-corrected chi connectivity index (χ3v) is 0.775. The van der Waals surface area contributed by atoms with Crippen molar-refractivity contribution in [3.8, 4) is 0 Å². The molecule has 2 nitrogen and oxygen atoms in total. The van der Waals surface area contributed by atoms with Crippen LogP contribution in [0.1, 0.15) is 6.42 Å². The van der Waals surface area contributed by atoms with Gasteiger partial charge in [-0.3, -0.25) is 0 Å². The minimum absolute atomic E-state index is 0.204.